The second kappa shape index (κ2) is 9.65. The lowest BCUT2D eigenvalue weighted by Gasteiger charge is -2.31. The minimum Gasteiger partial charge on any atom is -0.493 e. The molecule has 0 aromatic heterocycles. The van der Waals surface area contributed by atoms with Crippen LogP contribution in [0.3, 0.4) is 0 Å². The first-order valence-corrected chi connectivity index (χ1v) is 9.82. The Labute approximate surface area is 175 Å². The van der Waals surface area contributed by atoms with Gasteiger partial charge in [-0.15, -0.1) is 0 Å². The van der Waals surface area contributed by atoms with E-state index >= 15 is 0 Å². The third-order valence-corrected chi connectivity index (χ3v) is 5.31. The molecular formula is C22H24ClNO5. The fourth-order valence-electron chi connectivity index (χ4n) is 3.43. The number of nitrogens with zero attached hydrogens (tertiary/aromatic N) is 1. The number of methoxy groups -OCH3 is 2. The van der Waals surface area contributed by atoms with E-state index in [1.54, 1.807) is 49.5 Å². The van der Waals surface area contributed by atoms with Crippen molar-refractivity contribution in [2.45, 2.75) is 19.4 Å². The standard InChI is InChI=1S/C22H24ClNO5/c1-27-19-5-3-4-17(20(19)28-2)14-29-22(26)16-10-12-24(13-11-16)21(25)15-6-8-18(23)9-7-15/h3-9,16H,10-14H2,1-2H3. The molecule has 1 aliphatic rings. The van der Waals surface area contributed by atoms with Gasteiger partial charge in [-0.25, -0.2) is 0 Å². The monoisotopic (exact) mass is 417 g/mol. The molecule has 0 saturated carbocycles. The summed E-state index contributed by atoms with van der Waals surface area (Å²) in [5.41, 5.74) is 1.34. The average Bonchev–Trinajstić information content (AvgIpc) is 2.77. The Bertz CT molecular complexity index is 860. The van der Waals surface area contributed by atoms with Gasteiger partial charge in [-0.05, 0) is 43.2 Å². The summed E-state index contributed by atoms with van der Waals surface area (Å²) in [4.78, 5) is 26.8. The fourth-order valence-corrected chi connectivity index (χ4v) is 3.55. The van der Waals surface area contributed by atoms with E-state index in [2.05, 4.69) is 0 Å². The van der Waals surface area contributed by atoms with Crippen LogP contribution in [0.15, 0.2) is 42.5 Å². The molecule has 6 nitrogen and oxygen atoms in total. The minimum atomic E-state index is -0.256. The molecule has 2 aromatic rings. The van der Waals surface area contributed by atoms with Crippen LogP contribution in [-0.4, -0.2) is 44.1 Å². The normalized spacial score (nSPS) is 14.4. The molecule has 1 fully saturated rings. The van der Waals surface area contributed by atoms with Gasteiger partial charge in [0.2, 0.25) is 0 Å². The molecule has 7 heteroatoms. The number of para-hydroxylation sites is 1. The van der Waals surface area contributed by atoms with Crippen molar-refractivity contribution >= 4 is 23.5 Å². The van der Waals surface area contributed by atoms with Crippen LogP contribution in [0.1, 0.15) is 28.8 Å². The fraction of sp³-hybridized carbons (Fsp3) is 0.364. The van der Waals surface area contributed by atoms with Gasteiger partial charge in [0.25, 0.3) is 5.91 Å². The molecule has 0 bridgehead atoms. The first-order chi connectivity index (χ1) is 14.0. The Morgan fingerprint density at radius 2 is 1.72 bits per heavy atom. The lowest BCUT2D eigenvalue weighted by Crippen LogP contribution is -2.40. The second-order valence-corrected chi connectivity index (χ2v) is 7.27. The zero-order valence-corrected chi connectivity index (χ0v) is 17.3. The number of carbonyl (C=O) groups excluding carboxylic acids is 2. The summed E-state index contributed by atoms with van der Waals surface area (Å²) in [6.07, 6.45) is 1.15. The Balaban J connectivity index is 1.53. The molecule has 0 aliphatic carbocycles. The summed E-state index contributed by atoms with van der Waals surface area (Å²) >= 11 is 5.87. The van der Waals surface area contributed by atoms with Gasteiger partial charge in [-0.3, -0.25) is 9.59 Å². The Kier molecular flexibility index (Phi) is 6.99. The van der Waals surface area contributed by atoms with Crippen molar-refractivity contribution < 1.29 is 23.8 Å². The number of esters is 1. The van der Waals surface area contributed by atoms with Crippen LogP contribution in [0.5, 0.6) is 11.5 Å². The first-order valence-electron chi connectivity index (χ1n) is 9.44. The van der Waals surface area contributed by atoms with E-state index in [0.717, 1.165) is 5.56 Å². The quantitative estimate of drug-likeness (QED) is 0.666. The zero-order chi connectivity index (χ0) is 20.8. The van der Waals surface area contributed by atoms with Crippen molar-refractivity contribution in [1.29, 1.82) is 0 Å². The topological polar surface area (TPSA) is 65.1 Å². The molecule has 1 heterocycles. The first kappa shape index (κ1) is 21.0. The Morgan fingerprint density at radius 1 is 1.03 bits per heavy atom. The van der Waals surface area contributed by atoms with Gasteiger partial charge < -0.3 is 19.1 Å². The van der Waals surface area contributed by atoms with Gasteiger partial charge in [0.05, 0.1) is 20.1 Å². The number of benzene rings is 2. The van der Waals surface area contributed by atoms with E-state index in [1.165, 1.54) is 0 Å². The van der Waals surface area contributed by atoms with Gasteiger partial charge in [0.1, 0.15) is 6.61 Å². The molecule has 154 valence electrons. The van der Waals surface area contributed by atoms with Crippen molar-refractivity contribution in [2.75, 3.05) is 27.3 Å². The van der Waals surface area contributed by atoms with E-state index in [4.69, 9.17) is 25.8 Å². The number of carbonyl (C=O) groups is 2. The van der Waals surface area contributed by atoms with Gasteiger partial charge in [0, 0.05) is 29.2 Å². The molecular weight excluding hydrogens is 394 g/mol. The minimum absolute atomic E-state index is 0.0467. The molecule has 0 spiro atoms. The molecule has 1 amide bonds. The third-order valence-electron chi connectivity index (χ3n) is 5.06. The Morgan fingerprint density at radius 3 is 2.34 bits per heavy atom. The van der Waals surface area contributed by atoms with Crippen molar-refractivity contribution in [3.63, 3.8) is 0 Å². The molecule has 0 atom stereocenters. The van der Waals surface area contributed by atoms with Crippen LogP contribution in [0.4, 0.5) is 0 Å². The van der Waals surface area contributed by atoms with Crippen LogP contribution >= 0.6 is 11.6 Å². The van der Waals surface area contributed by atoms with Gasteiger partial charge in [0.15, 0.2) is 11.5 Å². The predicted octanol–water partition coefficient (Wildman–Crippen LogP) is 3.95. The van der Waals surface area contributed by atoms with E-state index in [1.807, 2.05) is 12.1 Å². The number of ether oxygens (including phenoxy) is 3. The Hall–Kier alpha value is -2.73. The number of halogens is 1. The van der Waals surface area contributed by atoms with Crippen LogP contribution in [0.2, 0.25) is 5.02 Å². The third kappa shape index (κ3) is 5.01. The lowest BCUT2D eigenvalue weighted by atomic mass is 9.96. The summed E-state index contributed by atoms with van der Waals surface area (Å²) in [7, 11) is 3.11. The van der Waals surface area contributed by atoms with Gasteiger partial charge in [-0.1, -0.05) is 23.7 Å². The SMILES string of the molecule is COc1cccc(COC(=O)C2CCN(C(=O)c3ccc(Cl)cc3)CC2)c1OC. The summed E-state index contributed by atoms with van der Waals surface area (Å²) in [5.74, 6) is 0.630. The molecule has 1 saturated heterocycles. The van der Waals surface area contributed by atoms with Crippen LogP contribution in [-0.2, 0) is 16.1 Å². The maximum absolute atomic E-state index is 12.6. The van der Waals surface area contributed by atoms with Crippen molar-refractivity contribution in [1.82, 2.24) is 4.90 Å². The molecule has 0 unspecified atom stereocenters. The van der Waals surface area contributed by atoms with E-state index < -0.39 is 0 Å². The maximum Gasteiger partial charge on any atom is 0.309 e. The number of hydrogen-bond acceptors (Lipinski definition) is 5. The number of rotatable bonds is 6. The molecule has 2 aromatic carbocycles. The number of likely N-dealkylation sites (tertiary alicyclic amines) is 1. The van der Waals surface area contributed by atoms with E-state index in [-0.39, 0.29) is 24.4 Å². The van der Waals surface area contributed by atoms with Crippen LogP contribution in [0.25, 0.3) is 0 Å². The molecule has 0 radical (unpaired) electrons. The summed E-state index contributed by atoms with van der Waals surface area (Å²) in [6, 6.07) is 12.3. The summed E-state index contributed by atoms with van der Waals surface area (Å²) in [6.45, 7) is 1.15. The lowest BCUT2D eigenvalue weighted by molar-refractivity contribution is -0.151. The van der Waals surface area contributed by atoms with Gasteiger partial charge >= 0.3 is 5.97 Å². The molecule has 0 N–H and O–H groups in total. The predicted molar refractivity (Wildman–Crippen MR) is 109 cm³/mol. The largest absolute Gasteiger partial charge is 0.493 e. The number of amides is 1. The highest BCUT2D eigenvalue weighted by atomic mass is 35.5. The average molecular weight is 418 g/mol. The second-order valence-electron chi connectivity index (χ2n) is 6.83. The van der Waals surface area contributed by atoms with Crippen LogP contribution in [0, 0.1) is 5.92 Å². The zero-order valence-electron chi connectivity index (χ0n) is 16.5. The summed E-state index contributed by atoms with van der Waals surface area (Å²) in [5, 5.41) is 0.593. The summed E-state index contributed by atoms with van der Waals surface area (Å²) < 4.78 is 16.1. The van der Waals surface area contributed by atoms with Crippen molar-refractivity contribution in [2.24, 2.45) is 5.92 Å². The number of hydrogen-bond donors (Lipinski definition) is 0. The molecule has 3 rings (SSSR count). The van der Waals surface area contributed by atoms with Crippen LogP contribution < -0.4 is 9.47 Å². The molecule has 1 aliphatic heterocycles. The van der Waals surface area contributed by atoms with E-state index in [9.17, 15) is 9.59 Å². The highest BCUT2D eigenvalue weighted by Gasteiger charge is 2.29. The maximum atomic E-state index is 12.6. The van der Waals surface area contributed by atoms with Crippen molar-refractivity contribution in [3.8, 4) is 11.5 Å². The van der Waals surface area contributed by atoms with Gasteiger partial charge in [-0.2, -0.15) is 0 Å². The number of piperidine rings is 1. The molecule has 29 heavy (non-hydrogen) atoms. The highest BCUT2D eigenvalue weighted by Crippen LogP contribution is 2.31. The highest BCUT2D eigenvalue weighted by molar-refractivity contribution is 6.30. The smallest absolute Gasteiger partial charge is 0.309 e. The van der Waals surface area contributed by atoms with Crippen molar-refractivity contribution in [3.05, 3.63) is 58.6 Å². The van der Waals surface area contributed by atoms with E-state index in [0.29, 0.717) is 48.0 Å².